The molecule has 0 radical (unpaired) electrons. The van der Waals surface area contributed by atoms with Gasteiger partial charge in [0.2, 0.25) is 0 Å². The van der Waals surface area contributed by atoms with Gasteiger partial charge in [-0.1, -0.05) is 23.7 Å². The molecule has 2 heterocycles. The predicted molar refractivity (Wildman–Crippen MR) is 118 cm³/mol. The van der Waals surface area contributed by atoms with Gasteiger partial charge in [0.15, 0.2) is 5.96 Å². The number of benzene rings is 2. The number of hydrogen-bond donors (Lipinski definition) is 3. The van der Waals surface area contributed by atoms with E-state index in [2.05, 4.69) is 16.0 Å². The number of nitrogens with one attached hydrogen (secondary N) is 2. The van der Waals surface area contributed by atoms with Crippen LogP contribution in [0.1, 0.15) is 28.9 Å². The molecule has 8 heteroatoms. The molecule has 0 saturated carbocycles. The topological polar surface area (TPSA) is 98.4 Å². The Balaban J connectivity index is 1.56. The number of aromatic amines is 1. The third-order valence-corrected chi connectivity index (χ3v) is 5.61. The fraction of sp³-hybridized carbons (Fsp3) is 0.273. The Hall–Kier alpha value is -3.03. The van der Waals surface area contributed by atoms with Crippen molar-refractivity contribution in [1.29, 1.82) is 5.41 Å². The number of rotatable bonds is 5. The number of guanidine groups is 1. The van der Waals surface area contributed by atoms with Gasteiger partial charge in [-0.3, -0.25) is 20.0 Å². The molecule has 1 aromatic heterocycles. The number of nitrogens with two attached hydrogens (primary N) is 1. The fourth-order valence-electron chi connectivity index (χ4n) is 3.68. The lowest BCUT2D eigenvalue weighted by molar-refractivity contribution is 0.0864. The van der Waals surface area contributed by atoms with Crippen molar-refractivity contribution in [2.45, 2.75) is 19.4 Å². The highest BCUT2D eigenvalue weighted by Crippen LogP contribution is 2.32. The smallest absolute Gasteiger partial charge is 0.276 e. The number of amides is 1. The van der Waals surface area contributed by atoms with E-state index < -0.39 is 5.91 Å². The van der Waals surface area contributed by atoms with Crippen molar-refractivity contribution >= 4 is 34.4 Å². The molecule has 1 saturated heterocycles. The monoisotopic (exact) mass is 425 g/mol. The maximum Gasteiger partial charge on any atom is 0.276 e. The summed E-state index contributed by atoms with van der Waals surface area (Å²) in [4.78, 5) is 19.0. The number of nitrogens with zero attached hydrogens (tertiary/aromatic N) is 2. The van der Waals surface area contributed by atoms with E-state index in [1.807, 2.05) is 18.2 Å². The lowest BCUT2D eigenvalue weighted by atomic mass is 10.2. The fourth-order valence-corrected chi connectivity index (χ4v) is 3.94. The highest BCUT2D eigenvalue weighted by atomic mass is 35.5. The number of halogens is 1. The maximum absolute atomic E-state index is 12.4. The lowest BCUT2D eigenvalue weighted by Crippen LogP contribution is -2.38. The molecule has 2 aromatic carbocycles. The summed E-state index contributed by atoms with van der Waals surface area (Å²) in [6.45, 7) is 3.21. The SMILES string of the molecule is CN(C(=N)N)C(=O)c1cc2c(Cl)cc(Oc3cccc(CN4CCCC4)c3)cc2[nH]1. The molecule has 4 rings (SSSR count). The van der Waals surface area contributed by atoms with Gasteiger partial charge in [0.1, 0.15) is 17.2 Å². The predicted octanol–water partition coefficient (Wildman–Crippen LogP) is 4.17. The third kappa shape index (κ3) is 4.27. The van der Waals surface area contributed by atoms with Gasteiger partial charge in [0, 0.05) is 31.1 Å². The maximum atomic E-state index is 12.4. The van der Waals surface area contributed by atoms with E-state index in [4.69, 9.17) is 27.5 Å². The zero-order chi connectivity index (χ0) is 21.3. The molecule has 1 aliphatic heterocycles. The van der Waals surface area contributed by atoms with Gasteiger partial charge < -0.3 is 15.5 Å². The van der Waals surface area contributed by atoms with Gasteiger partial charge in [-0.25, -0.2) is 0 Å². The van der Waals surface area contributed by atoms with E-state index >= 15 is 0 Å². The number of fused-ring (bicyclic) bond motifs is 1. The van der Waals surface area contributed by atoms with Gasteiger partial charge in [-0.15, -0.1) is 0 Å². The molecule has 0 spiro atoms. The molecule has 0 unspecified atom stereocenters. The second-order valence-electron chi connectivity index (χ2n) is 7.53. The molecule has 1 amide bonds. The van der Waals surface area contributed by atoms with Crippen LogP contribution in [0, 0.1) is 5.41 Å². The minimum absolute atomic E-state index is 0.300. The number of carbonyl (C=O) groups excluding carboxylic acids is 1. The number of carbonyl (C=O) groups is 1. The first-order valence-electron chi connectivity index (χ1n) is 9.84. The van der Waals surface area contributed by atoms with Crippen LogP contribution in [-0.4, -0.2) is 46.8 Å². The summed E-state index contributed by atoms with van der Waals surface area (Å²) in [5, 5.41) is 8.59. The minimum Gasteiger partial charge on any atom is -0.457 e. The second kappa shape index (κ2) is 8.38. The number of ether oxygens (including phenoxy) is 1. The summed E-state index contributed by atoms with van der Waals surface area (Å²) in [7, 11) is 1.45. The van der Waals surface area contributed by atoms with Crippen LogP contribution in [-0.2, 0) is 6.54 Å². The highest BCUT2D eigenvalue weighted by Gasteiger charge is 2.18. The summed E-state index contributed by atoms with van der Waals surface area (Å²) in [6.07, 6.45) is 2.52. The Kier molecular flexibility index (Phi) is 5.65. The van der Waals surface area contributed by atoms with Crippen LogP contribution in [0.2, 0.25) is 5.02 Å². The first kappa shape index (κ1) is 20.3. The molecule has 7 nitrogen and oxygen atoms in total. The van der Waals surface area contributed by atoms with Crippen LogP contribution in [0.4, 0.5) is 0 Å². The van der Waals surface area contributed by atoms with Crippen LogP contribution in [0.3, 0.4) is 0 Å². The van der Waals surface area contributed by atoms with Crippen molar-refractivity contribution in [3.05, 3.63) is 58.7 Å². The zero-order valence-electron chi connectivity index (χ0n) is 16.7. The number of likely N-dealkylation sites (tertiary alicyclic amines) is 1. The molecular weight excluding hydrogens is 402 g/mol. The summed E-state index contributed by atoms with van der Waals surface area (Å²) in [5.41, 5.74) is 7.58. The molecule has 30 heavy (non-hydrogen) atoms. The normalized spacial score (nSPS) is 14.2. The van der Waals surface area contributed by atoms with Crippen LogP contribution in [0.5, 0.6) is 11.5 Å². The van der Waals surface area contributed by atoms with Crippen molar-refractivity contribution in [2.24, 2.45) is 5.73 Å². The van der Waals surface area contributed by atoms with Gasteiger partial charge in [-0.05, 0) is 49.7 Å². The summed E-state index contributed by atoms with van der Waals surface area (Å²) >= 11 is 6.43. The van der Waals surface area contributed by atoms with E-state index in [9.17, 15) is 4.79 Å². The largest absolute Gasteiger partial charge is 0.457 e. The minimum atomic E-state index is -0.410. The summed E-state index contributed by atoms with van der Waals surface area (Å²) < 4.78 is 6.06. The number of H-pyrrole nitrogens is 1. The Labute approximate surface area is 179 Å². The molecule has 3 aromatic rings. The Morgan fingerprint density at radius 3 is 2.73 bits per heavy atom. The zero-order valence-corrected chi connectivity index (χ0v) is 17.5. The lowest BCUT2D eigenvalue weighted by Gasteiger charge is -2.15. The van der Waals surface area contributed by atoms with Crippen molar-refractivity contribution in [1.82, 2.24) is 14.8 Å². The van der Waals surface area contributed by atoms with Crippen LogP contribution in [0.15, 0.2) is 42.5 Å². The van der Waals surface area contributed by atoms with Crippen LogP contribution in [0.25, 0.3) is 10.9 Å². The van der Waals surface area contributed by atoms with Crippen molar-refractivity contribution in [2.75, 3.05) is 20.1 Å². The highest BCUT2D eigenvalue weighted by molar-refractivity contribution is 6.35. The van der Waals surface area contributed by atoms with Crippen molar-refractivity contribution in [3.8, 4) is 11.5 Å². The molecule has 0 atom stereocenters. The Morgan fingerprint density at radius 2 is 2.00 bits per heavy atom. The summed E-state index contributed by atoms with van der Waals surface area (Å²) in [5.74, 6) is 0.572. The first-order chi connectivity index (χ1) is 14.4. The van der Waals surface area contributed by atoms with E-state index in [0.29, 0.717) is 27.4 Å². The third-order valence-electron chi connectivity index (χ3n) is 5.30. The second-order valence-corrected chi connectivity index (χ2v) is 7.94. The van der Waals surface area contributed by atoms with E-state index in [1.54, 1.807) is 18.2 Å². The molecular formula is C22H24ClN5O2. The van der Waals surface area contributed by atoms with E-state index in [0.717, 1.165) is 30.3 Å². The Bertz CT molecular complexity index is 1100. The van der Waals surface area contributed by atoms with E-state index in [-0.39, 0.29) is 5.96 Å². The Morgan fingerprint density at radius 1 is 1.23 bits per heavy atom. The van der Waals surface area contributed by atoms with Gasteiger partial charge in [0.05, 0.1) is 10.5 Å². The van der Waals surface area contributed by atoms with Crippen molar-refractivity contribution in [3.63, 3.8) is 0 Å². The molecule has 156 valence electrons. The average Bonchev–Trinajstić information content (AvgIpc) is 3.37. The van der Waals surface area contributed by atoms with Crippen molar-refractivity contribution < 1.29 is 9.53 Å². The van der Waals surface area contributed by atoms with Crippen LogP contribution < -0.4 is 10.5 Å². The molecule has 4 N–H and O–H groups in total. The molecule has 1 fully saturated rings. The number of aromatic nitrogens is 1. The quantitative estimate of drug-likeness (QED) is 0.422. The number of hydrogen-bond acceptors (Lipinski definition) is 4. The van der Waals surface area contributed by atoms with Crippen LogP contribution >= 0.6 is 11.6 Å². The molecule has 1 aliphatic rings. The summed E-state index contributed by atoms with van der Waals surface area (Å²) in [6, 6.07) is 13.2. The average molecular weight is 426 g/mol. The van der Waals surface area contributed by atoms with Gasteiger partial charge in [0.25, 0.3) is 5.91 Å². The molecule has 0 bridgehead atoms. The molecule has 0 aliphatic carbocycles. The first-order valence-corrected chi connectivity index (χ1v) is 10.2. The standard InChI is InChI=1S/C22H24ClN5O2/c1-27(22(24)25)21(29)20-12-17-18(23)10-16(11-19(17)26-20)30-15-6-4-5-14(9-15)13-28-7-2-3-8-28/h4-6,9-12,26H,2-3,7-8,13H2,1H3,(H3,24,25). The van der Waals surface area contributed by atoms with E-state index in [1.165, 1.54) is 25.5 Å². The van der Waals surface area contributed by atoms with Gasteiger partial charge >= 0.3 is 0 Å². The van der Waals surface area contributed by atoms with Gasteiger partial charge in [-0.2, -0.15) is 0 Å².